The Morgan fingerprint density at radius 3 is 2.47 bits per heavy atom. The SMILES string of the molecule is C[C@H]1c2c(nn(-c3ccc(F)c(C4CC4)c3)c2-n2ccn(-c3ccc4c(cnn4C4CC4)c3F)c2=O)CCN1C(=O)c1cc2cc(C3CCOCC3)cnc2n1[C@@]1(c2noc(=O)[nH]2)C[C@@H]1C. The summed E-state index contributed by atoms with van der Waals surface area (Å²) in [6.07, 6.45) is 12.9. The number of aromatic nitrogens is 10. The smallest absolute Gasteiger partial charge is 0.381 e. The second-order valence-corrected chi connectivity index (χ2v) is 18.9. The average molecular weight is 894 g/mol. The molecule has 8 heterocycles. The molecular formula is C48H45F2N11O5. The second kappa shape index (κ2) is 14.3. The van der Waals surface area contributed by atoms with Gasteiger partial charge in [0.15, 0.2) is 11.6 Å². The van der Waals surface area contributed by atoms with Gasteiger partial charge in [0.1, 0.15) is 28.5 Å². The fourth-order valence-electron chi connectivity index (χ4n) is 11.0. The maximum absolute atomic E-state index is 16.4. The number of hydrogen-bond acceptors (Lipinski definition) is 9. The normalized spacial score (nSPS) is 22.2. The molecule has 18 heteroatoms. The number of ether oxygens (including phenoxy) is 1. The van der Waals surface area contributed by atoms with Crippen LogP contribution in [0.4, 0.5) is 8.78 Å². The third-order valence-electron chi connectivity index (χ3n) is 14.9. The monoisotopic (exact) mass is 893 g/mol. The lowest BCUT2D eigenvalue weighted by Gasteiger charge is -2.34. The number of fused-ring (bicyclic) bond motifs is 3. The van der Waals surface area contributed by atoms with Crippen LogP contribution in [-0.2, 0) is 16.7 Å². The van der Waals surface area contributed by atoms with Crippen molar-refractivity contribution < 1.29 is 22.8 Å². The minimum atomic E-state index is -0.904. The zero-order valence-electron chi connectivity index (χ0n) is 36.3. The minimum Gasteiger partial charge on any atom is -0.381 e. The first-order valence-corrected chi connectivity index (χ1v) is 22.9. The third kappa shape index (κ3) is 5.85. The molecule has 1 saturated heterocycles. The van der Waals surface area contributed by atoms with Crippen molar-refractivity contribution in [3.05, 3.63) is 134 Å². The average Bonchev–Trinajstić information content (AvgIpc) is 4.26. The highest BCUT2D eigenvalue weighted by Gasteiger charge is 2.59. The number of amides is 1. The van der Waals surface area contributed by atoms with Crippen LogP contribution in [0.15, 0.2) is 81.4 Å². The minimum absolute atomic E-state index is 0.0281. The van der Waals surface area contributed by atoms with Crippen LogP contribution >= 0.6 is 0 Å². The first-order chi connectivity index (χ1) is 32.1. The van der Waals surface area contributed by atoms with E-state index < -0.39 is 28.8 Å². The molecule has 1 N–H and O–H groups in total. The van der Waals surface area contributed by atoms with Crippen LogP contribution in [0, 0.1) is 17.6 Å². The van der Waals surface area contributed by atoms with Gasteiger partial charge in [-0.25, -0.2) is 28.0 Å². The number of benzene rings is 2. The summed E-state index contributed by atoms with van der Waals surface area (Å²) in [5.74, 6) is -0.816. The van der Waals surface area contributed by atoms with E-state index in [0.717, 1.165) is 49.5 Å². The Morgan fingerprint density at radius 1 is 0.924 bits per heavy atom. The van der Waals surface area contributed by atoms with Crippen molar-refractivity contribution in [1.29, 1.82) is 0 Å². The number of halogens is 2. The Morgan fingerprint density at radius 2 is 1.73 bits per heavy atom. The van der Waals surface area contributed by atoms with Gasteiger partial charge in [-0.1, -0.05) is 12.1 Å². The zero-order valence-corrected chi connectivity index (χ0v) is 36.3. The van der Waals surface area contributed by atoms with Crippen molar-refractivity contribution in [2.75, 3.05) is 19.8 Å². The highest BCUT2D eigenvalue weighted by molar-refractivity contribution is 5.99. The van der Waals surface area contributed by atoms with Crippen LogP contribution in [0.1, 0.15) is 121 Å². The zero-order chi connectivity index (χ0) is 44.7. The van der Waals surface area contributed by atoms with Crippen molar-refractivity contribution in [2.24, 2.45) is 5.92 Å². The molecule has 16 nitrogen and oxygen atoms in total. The molecule has 5 aliphatic rings. The number of H-pyrrole nitrogens is 1. The molecule has 3 atom stereocenters. The first-order valence-electron chi connectivity index (χ1n) is 22.9. The first kappa shape index (κ1) is 39.4. The van der Waals surface area contributed by atoms with Gasteiger partial charge in [-0.05, 0) is 123 Å². The highest BCUT2D eigenvalue weighted by atomic mass is 19.1. The Bertz CT molecular complexity index is 3430. The summed E-state index contributed by atoms with van der Waals surface area (Å²) in [5.41, 5.74) is 3.76. The van der Waals surface area contributed by atoms with Crippen molar-refractivity contribution in [2.45, 2.75) is 94.7 Å². The molecule has 0 radical (unpaired) electrons. The lowest BCUT2D eigenvalue weighted by Crippen LogP contribution is -2.41. The molecular weight excluding hydrogens is 849 g/mol. The van der Waals surface area contributed by atoms with Crippen molar-refractivity contribution in [3.8, 4) is 17.2 Å². The molecule has 1 amide bonds. The number of nitrogens with zero attached hydrogens (tertiary/aromatic N) is 10. The number of carbonyl (C=O) groups is 1. The molecule has 3 saturated carbocycles. The number of nitrogens with one attached hydrogen (secondary N) is 1. The third-order valence-corrected chi connectivity index (χ3v) is 14.9. The van der Waals surface area contributed by atoms with E-state index in [1.807, 2.05) is 35.4 Å². The van der Waals surface area contributed by atoms with Gasteiger partial charge in [-0.3, -0.25) is 28.1 Å². The van der Waals surface area contributed by atoms with Crippen LogP contribution in [0.3, 0.4) is 0 Å². The molecule has 6 aromatic heterocycles. The molecule has 8 aromatic rings. The van der Waals surface area contributed by atoms with Gasteiger partial charge < -0.3 is 14.2 Å². The van der Waals surface area contributed by atoms with Crippen molar-refractivity contribution in [3.63, 3.8) is 0 Å². The number of aromatic amines is 1. The van der Waals surface area contributed by atoms with Crippen LogP contribution in [0.5, 0.6) is 0 Å². The molecule has 2 aromatic carbocycles. The van der Waals surface area contributed by atoms with Crippen LogP contribution in [0.25, 0.3) is 39.1 Å². The van der Waals surface area contributed by atoms with E-state index in [0.29, 0.717) is 89.0 Å². The van der Waals surface area contributed by atoms with E-state index in [-0.39, 0.29) is 41.2 Å². The molecule has 13 rings (SSSR count). The fraction of sp³-hybridized carbons (Fsp3) is 0.396. The quantitative estimate of drug-likeness (QED) is 0.159. The Balaban J connectivity index is 0.948. The van der Waals surface area contributed by atoms with E-state index in [1.165, 1.54) is 27.6 Å². The standard InChI is InChI=1S/C48H45F2N11O5/c1-25-22-48(25,45-53-46(63)66-55-45)59-39(20-29-19-30(23-51-42(29)59)27-12-17-65-18-13-27)44(62)56-14-11-36-40(26(56)2)43(61(54-36)32-7-8-35(49)33(21-32)28-3-4-28)58-16-15-57(47(58)64)38-10-9-37-34(41(38)50)24-52-60(37)31-5-6-31/h7-10,15-16,19-21,23-28,31H,3-6,11-14,17-18,22H2,1-2H3,(H,53,55,63)/t25-,26-,48-/m0/s1. The molecule has 336 valence electrons. The van der Waals surface area contributed by atoms with E-state index in [1.54, 1.807) is 40.0 Å². The molecule has 0 unspecified atom stereocenters. The number of carbonyl (C=O) groups excluding carboxylic acids is 1. The number of imidazole rings is 1. The largest absolute Gasteiger partial charge is 0.438 e. The van der Waals surface area contributed by atoms with E-state index in [2.05, 4.69) is 21.3 Å². The van der Waals surface area contributed by atoms with Gasteiger partial charge >= 0.3 is 11.4 Å². The Labute approximate surface area is 374 Å². The van der Waals surface area contributed by atoms with Crippen molar-refractivity contribution >= 4 is 27.8 Å². The van der Waals surface area contributed by atoms with E-state index >= 15 is 13.6 Å². The van der Waals surface area contributed by atoms with Crippen LogP contribution < -0.4 is 11.4 Å². The lowest BCUT2D eigenvalue weighted by molar-refractivity contribution is 0.0663. The topological polar surface area (TPSA) is 169 Å². The summed E-state index contributed by atoms with van der Waals surface area (Å²) >= 11 is 0. The number of pyridine rings is 1. The number of hydrogen-bond donors (Lipinski definition) is 1. The van der Waals surface area contributed by atoms with Gasteiger partial charge in [-0.15, -0.1) is 0 Å². The van der Waals surface area contributed by atoms with Gasteiger partial charge in [0.2, 0.25) is 0 Å². The Kier molecular flexibility index (Phi) is 8.52. The summed E-state index contributed by atoms with van der Waals surface area (Å²) in [6, 6.07) is 11.9. The highest BCUT2D eigenvalue weighted by Crippen LogP contribution is 2.56. The predicted molar refractivity (Wildman–Crippen MR) is 236 cm³/mol. The molecule has 0 spiro atoms. The van der Waals surface area contributed by atoms with Gasteiger partial charge in [0.05, 0.1) is 46.3 Å². The summed E-state index contributed by atoms with van der Waals surface area (Å²) in [5, 5.41) is 14.8. The summed E-state index contributed by atoms with van der Waals surface area (Å²) in [4.78, 5) is 52.3. The molecule has 0 bridgehead atoms. The van der Waals surface area contributed by atoms with Crippen molar-refractivity contribution in [1.82, 2.24) is 53.3 Å². The molecule has 66 heavy (non-hydrogen) atoms. The predicted octanol–water partition coefficient (Wildman–Crippen LogP) is 7.12. The Hall–Kier alpha value is -6.95. The molecule has 3 aliphatic carbocycles. The molecule has 4 fully saturated rings. The second-order valence-electron chi connectivity index (χ2n) is 18.9. The lowest BCUT2D eigenvalue weighted by atomic mass is 9.92. The summed E-state index contributed by atoms with van der Waals surface area (Å²) in [6.45, 7) is 5.58. The van der Waals surface area contributed by atoms with Gasteiger partial charge in [0, 0.05) is 55.7 Å². The van der Waals surface area contributed by atoms with Crippen LogP contribution in [0.2, 0.25) is 0 Å². The van der Waals surface area contributed by atoms with Gasteiger partial charge in [0.25, 0.3) is 5.91 Å². The maximum Gasteiger partial charge on any atom is 0.438 e. The molecule has 2 aliphatic heterocycles. The van der Waals surface area contributed by atoms with Gasteiger partial charge in [-0.2, -0.15) is 10.2 Å². The van der Waals surface area contributed by atoms with E-state index in [9.17, 15) is 9.59 Å². The fourth-order valence-corrected chi connectivity index (χ4v) is 11.0. The maximum atomic E-state index is 16.4. The van der Waals surface area contributed by atoms with Crippen LogP contribution in [-0.4, -0.2) is 79.0 Å². The summed E-state index contributed by atoms with van der Waals surface area (Å²) in [7, 11) is 0. The number of rotatable bonds is 9. The van der Waals surface area contributed by atoms with E-state index in [4.69, 9.17) is 19.3 Å². The summed E-state index contributed by atoms with van der Waals surface area (Å²) < 4.78 is 50.5.